The number of aryl methyl sites for hydroxylation is 2. The summed E-state index contributed by atoms with van der Waals surface area (Å²) in [7, 11) is 0. The molecule has 1 aliphatic heterocycles. The Kier molecular flexibility index (Phi) is 11.1. The molecule has 0 radical (unpaired) electrons. The van der Waals surface area contributed by atoms with Crippen molar-refractivity contribution in [1.82, 2.24) is 29.3 Å². The highest BCUT2D eigenvalue weighted by Gasteiger charge is 2.17. The van der Waals surface area contributed by atoms with Gasteiger partial charge in [0.05, 0.1) is 26.2 Å². The number of nitrogens with one attached hydrogen (secondary N) is 1. The summed E-state index contributed by atoms with van der Waals surface area (Å²) in [5.74, 6) is -0.645. The van der Waals surface area contributed by atoms with Gasteiger partial charge in [-0.3, -0.25) is 19.2 Å². The number of imidazole rings is 1. The summed E-state index contributed by atoms with van der Waals surface area (Å²) in [6.45, 7) is 11.9. The fourth-order valence-electron chi connectivity index (χ4n) is 5.10. The summed E-state index contributed by atoms with van der Waals surface area (Å²) in [6, 6.07) is 6.06. The van der Waals surface area contributed by atoms with E-state index < -0.39 is 5.97 Å². The van der Waals surface area contributed by atoms with Gasteiger partial charge in [-0.2, -0.15) is 9.97 Å². The highest BCUT2D eigenvalue weighted by atomic mass is 16.5. The van der Waals surface area contributed by atoms with Crippen molar-refractivity contribution in [3.8, 4) is 6.01 Å². The molecule has 1 fully saturated rings. The summed E-state index contributed by atoms with van der Waals surface area (Å²) >= 11 is 0. The molecule has 0 atom stereocenters. The maximum Gasteiger partial charge on any atom is 0.327 e. The summed E-state index contributed by atoms with van der Waals surface area (Å²) in [5, 5.41) is 9.26. The van der Waals surface area contributed by atoms with Crippen LogP contribution in [0.25, 0.3) is 11.2 Å². The Balaban J connectivity index is 1.45. The number of carboxylic acid groups (broad SMARTS) is 1. The molecule has 1 aromatic carbocycles. The molecule has 3 aromatic rings. The second-order valence-electron chi connectivity index (χ2n) is 10.6. The van der Waals surface area contributed by atoms with E-state index in [9.17, 15) is 14.7 Å². The van der Waals surface area contributed by atoms with Crippen LogP contribution in [0, 0.1) is 6.92 Å². The molecule has 0 spiro atoms. The van der Waals surface area contributed by atoms with Crippen molar-refractivity contribution < 1.29 is 19.4 Å². The Hall–Kier alpha value is -3.48. The third-order valence-electron chi connectivity index (χ3n) is 7.43. The average Bonchev–Trinajstić information content (AvgIpc) is 3.26. The van der Waals surface area contributed by atoms with E-state index in [1.54, 1.807) is 4.57 Å². The monoisotopic (exact) mass is 569 g/mol. The zero-order chi connectivity index (χ0) is 29.2. The molecule has 0 amide bonds. The number of aromatic nitrogens is 4. The van der Waals surface area contributed by atoms with Crippen LogP contribution < -0.4 is 16.2 Å². The largest absolute Gasteiger partial charge is 0.481 e. The van der Waals surface area contributed by atoms with Crippen molar-refractivity contribution in [2.45, 2.75) is 59.0 Å². The number of aromatic amines is 1. The van der Waals surface area contributed by atoms with Gasteiger partial charge >= 0.3 is 17.7 Å². The van der Waals surface area contributed by atoms with E-state index in [1.165, 1.54) is 0 Å². The lowest BCUT2D eigenvalue weighted by Crippen LogP contribution is -2.38. The number of nitrogens with two attached hydrogens (primary N) is 1. The first kappa shape index (κ1) is 30.5. The topological polar surface area (TPSA) is 152 Å². The van der Waals surface area contributed by atoms with E-state index in [4.69, 9.17) is 15.2 Å². The fourth-order valence-corrected chi connectivity index (χ4v) is 5.10. The molecule has 0 saturated carbocycles. The molecule has 2 aromatic heterocycles. The number of benzene rings is 1. The highest BCUT2D eigenvalue weighted by molar-refractivity contribution is 5.81. The normalized spacial score (nSPS) is 14.2. The molecule has 41 heavy (non-hydrogen) atoms. The summed E-state index contributed by atoms with van der Waals surface area (Å²) in [6.07, 6.45) is 3.58. The van der Waals surface area contributed by atoms with E-state index in [0.29, 0.717) is 37.3 Å². The summed E-state index contributed by atoms with van der Waals surface area (Å²) < 4.78 is 12.7. The molecule has 4 rings (SSSR count). The third kappa shape index (κ3) is 8.75. The molecule has 0 unspecified atom stereocenters. The fraction of sp³-hybridized carbons (Fsp3) is 0.586. The molecule has 0 bridgehead atoms. The number of carboxylic acids is 1. The number of hydrogen-bond acceptors (Lipinski definition) is 9. The number of aliphatic carboxylic acids is 1. The van der Waals surface area contributed by atoms with Crippen LogP contribution in [0.1, 0.15) is 49.3 Å². The number of rotatable bonds is 16. The molecule has 1 aliphatic rings. The Morgan fingerprint density at radius 3 is 2.66 bits per heavy atom. The van der Waals surface area contributed by atoms with Crippen molar-refractivity contribution in [2.24, 2.45) is 0 Å². The van der Waals surface area contributed by atoms with Crippen LogP contribution >= 0.6 is 0 Å². The Morgan fingerprint density at radius 2 is 1.93 bits per heavy atom. The van der Waals surface area contributed by atoms with Crippen LogP contribution in [-0.4, -0.2) is 92.9 Å². The van der Waals surface area contributed by atoms with Crippen molar-refractivity contribution >= 4 is 23.0 Å². The van der Waals surface area contributed by atoms with E-state index in [0.717, 1.165) is 81.9 Å². The van der Waals surface area contributed by atoms with Gasteiger partial charge in [0.25, 0.3) is 0 Å². The van der Waals surface area contributed by atoms with Crippen molar-refractivity contribution in [3.05, 3.63) is 45.4 Å². The number of fused-ring (bicyclic) bond motifs is 1. The molecule has 3 heterocycles. The van der Waals surface area contributed by atoms with Crippen molar-refractivity contribution in [2.75, 3.05) is 58.3 Å². The minimum Gasteiger partial charge on any atom is -0.481 e. The third-order valence-corrected chi connectivity index (χ3v) is 7.43. The van der Waals surface area contributed by atoms with E-state index in [2.05, 4.69) is 38.6 Å². The lowest BCUT2D eigenvalue weighted by atomic mass is 10.0. The number of carbonyl (C=O) groups is 1. The van der Waals surface area contributed by atoms with Crippen LogP contribution in [0.5, 0.6) is 6.01 Å². The lowest BCUT2D eigenvalue weighted by molar-refractivity contribution is -0.136. The second kappa shape index (κ2) is 14.9. The summed E-state index contributed by atoms with van der Waals surface area (Å²) in [5.41, 5.74) is 9.75. The molecule has 12 heteroatoms. The number of unbranched alkanes of at least 4 members (excludes halogenated alkanes) is 1. The number of morpholine rings is 1. The van der Waals surface area contributed by atoms with E-state index in [1.807, 2.05) is 18.2 Å². The molecule has 224 valence electrons. The standard InChI is InChI=1S/C29H43N7O5/c1-3-4-15-41-28-32-26(30)25-27(33-28)36(29(39)31-25)12-6-11-35(10-5-9-34-13-16-40-17-14-34)20-23-18-22(19-24(37)38)8-7-21(23)2/h7-8,18H,3-6,9-17,19-20H2,1-2H3,(H,31,39)(H,37,38)(H2,30,32,33). The van der Waals surface area contributed by atoms with Gasteiger partial charge in [-0.1, -0.05) is 31.5 Å². The molecular formula is C29H43N7O5. The molecule has 12 nitrogen and oxygen atoms in total. The highest BCUT2D eigenvalue weighted by Crippen LogP contribution is 2.19. The zero-order valence-electron chi connectivity index (χ0n) is 24.2. The number of nitrogens with zero attached hydrogens (tertiary/aromatic N) is 5. The number of ether oxygens (including phenoxy) is 2. The average molecular weight is 570 g/mol. The van der Waals surface area contributed by atoms with Crippen LogP contribution in [0.4, 0.5) is 5.82 Å². The van der Waals surface area contributed by atoms with Crippen molar-refractivity contribution in [1.29, 1.82) is 0 Å². The SMILES string of the molecule is CCCCOc1nc(N)c2[nH]c(=O)n(CCCN(CCCN3CCOCC3)Cc3cc(CC(=O)O)ccc3C)c2n1. The van der Waals surface area contributed by atoms with Crippen LogP contribution in [0.2, 0.25) is 0 Å². The van der Waals surface area contributed by atoms with Crippen molar-refractivity contribution in [3.63, 3.8) is 0 Å². The number of H-pyrrole nitrogens is 1. The molecule has 0 aliphatic carbocycles. The van der Waals surface area contributed by atoms with Gasteiger partial charge in [0.1, 0.15) is 5.52 Å². The van der Waals surface area contributed by atoms with E-state index >= 15 is 0 Å². The number of nitrogen functional groups attached to an aromatic ring is 1. The van der Waals surface area contributed by atoms with Gasteiger partial charge in [0.2, 0.25) is 0 Å². The lowest BCUT2D eigenvalue weighted by Gasteiger charge is -2.28. The maximum atomic E-state index is 12.8. The molecule has 4 N–H and O–H groups in total. The zero-order valence-corrected chi connectivity index (χ0v) is 24.2. The maximum absolute atomic E-state index is 12.8. The Labute approximate surface area is 240 Å². The Morgan fingerprint density at radius 1 is 1.17 bits per heavy atom. The smallest absolute Gasteiger partial charge is 0.327 e. The predicted molar refractivity (Wildman–Crippen MR) is 157 cm³/mol. The Bertz CT molecular complexity index is 1350. The van der Waals surface area contributed by atoms with Crippen LogP contribution in [0.3, 0.4) is 0 Å². The van der Waals surface area contributed by atoms with Gasteiger partial charge in [0, 0.05) is 32.7 Å². The second-order valence-corrected chi connectivity index (χ2v) is 10.6. The van der Waals surface area contributed by atoms with Crippen LogP contribution in [-0.2, 0) is 29.0 Å². The first-order valence-electron chi connectivity index (χ1n) is 14.6. The minimum atomic E-state index is -0.838. The van der Waals surface area contributed by atoms with Gasteiger partial charge in [-0.15, -0.1) is 0 Å². The van der Waals surface area contributed by atoms with Crippen LogP contribution in [0.15, 0.2) is 23.0 Å². The molecule has 1 saturated heterocycles. The minimum absolute atomic E-state index is 0.00290. The van der Waals surface area contributed by atoms with Gasteiger partial charge in [0.15, 0.2) is 11.5 Å². The first-order chi connectivity index (χ1) is 19.8. The quantitative estimate of drug-likeness (QED) is 0.219. The van der Waals surface area contributed by atoms with Gasteiger partial charge < -0.3 is 25.3 Å². The number of anilines is 1. The predicted octanol–water partition coefficient (Wildman–Crippen LogP) is 2.43. The first-order valence-corrected chi connectivity index (χ1v) is 14.6. The van der Waals surface area contributed by atoms with E-state index in [-0.39, 0.29) is 23.9 Å². The molecular weight excluding hydrogens is 526 g/mol. The van der Waals surface area contributed by atoms with Gasteiger partial charge in [-0.05, 0) is 56.0 Å². The summed E-state index contributed by atoms with van der Waals surface area (Å²) in [4.78, 5) is 40.4. The van der Waals surface area contributed by atoms with Gasteiger partial charge in [-0.25, -0.2) is 4.79 Å². The number of hydrogen-bond donors (Lipinski definition) is 3.